The van der Waals surface area contributed by atoms with Crippen molar-refractivity contribution in [1.29, 1.82) is 0 Å². The Morgan fingerprint density at radius 3 is 2.06 bits per heavy atom. The average Bonchev–Trinajstić information content (AvgIpc) is 3.72. The predicted molar refractivity (Wildman–Crippen MR) is 205 cm³/mol. The minimum Gasteiger partial charge on any atom is -0.456 e. The molecule has 1 aliphatic rings. The molecule has 5 nitrogen and oxygen atoms in total. The molecule has 0 amide bonds. The molecule has 0 fully saturated rings. The quantitative estimate of drug-likeness (QED) is 0.196. The third-order valence-corrected chi connectivity index (χ3v) is 9.86. The number of nitrogens with zero attached hydrogens (tertiary/aromatic N) is 2. The van der Waals surface area contributed by atoms with Crippen molar-refractivity contribution in [2.24, 2.45) is 4.99 Å². The maximum atomic E-state index is 6.31. The van der Waals surface area contributed by atoms with Gasteiger partial charge in [-0.15, -0.1) is 0 Å². The Balaban J connectivity index is 1.12. The molecule has 50 heavy (non-hydrogen) atoms. The highest BCUT2D eigenvalue weighted by Gasteiger charge is 2.26. The van der Waals surface area contributed by atoms with Crippen LogP contribution in [0, 0.1) is 0 Å². The van der Waals surface area contributed by atoms with Gasteiger partial charge in [0.05, 0.1) is 11.0 Å². The maximum absolute atomic E-state index is 6.31. The van der Waals surface area contributed by atoms with Crippen LogP contribution >= 0.6 is 0 Å². The Morgan fingerprint density at radius 2 is 1.18 bits per heavy atom. The van der Waals surface area contributed by atoms with E-state index in [2.05, 4.69) is 173 Å². The molecule has 2 atom stereocenters. The van der Waals surface area contributed by atoms with Crippen molar-refractivity contribution in [3.8, 4) is 16.8 Å². The molecule has 1 aliphatic heterocycles. The first-order valence-corrected chi connectivity index (χ1v) is 17.0. The molecular formula is C45H32N4O. The Hall–Kier alpha value is -6.43. The average molecular weight is 645 g/mol. The number of para-hydroxylation sites is 2. The number of aliphatic imine (C=N–C) groups is 1. The zero-order valence-corrected chi connectivity index (χ0v) is 27.1. The van der Waals surface area contributed by atoms with Crippen LogP contribution in [0.4, 0.5) is 0 Å². The van der Waals surface area contributed by atoms with E-state index in [-0.39, 0.29) is 12.3 Å². The first-order chi connectivity index (χ1) is 24.8. The highest BCUT2D eigenvalue weighted by atomic mass is 16.3. The molecule has 2 N–H and O–H groups in total. The second-order valence-electron chi connectivity index (χ2n) is 12.9. The van der Waals surface area contributed by atoms with Crippen LogP contribution in [0.1, 0.15) is 29.0 Å². The normalized spacial score (nSPS) is 16.2. The summed E-state index contributed by atoms with van der Waals surface area (Å²) in [6.45, 7) is 0. The second kappa shape index (κ2) is 11.6. The van der Waals surface area contributed by atoms with Crippen LogP contribution in [-0.2, 0) is 0 Å². The summed E-state index contributed by atoms with van der Waals surface area (Å²) in [5.74, 6) is 0.846. The number of benzene rings is 7. The van der Waals surface area contributed by atoms with Crippen molar-refractivity contribution in [3.05, 3.63) is 187 Å². The minimum absolute atomic E-state index is 0.131. The van der Waals surface area contributed by atoms with Crippen LogP contribution in [0.2, 0.25) is 0 Å². The largest absolute Gasteiger partial charge is 0.456 e. The van der Waals surface area contributed by atoms with E-state index >= 15 is 0 Å². The molecule has 238 valence electrons. The number of furan rings is 1. The minimum atomic E-state index is -0.250. The lowest BCUT2D eigenvalue weighted by Crippen LogP contribution is -2.45. The van der Waals surface area contributed by atoms with Crippen molar-refractivity contribution >= 4 is 49.6 Å². The van der Waals surface area contributed by atoms with Crippen molar-refractivity contribution < 1.29 is 4.42 Å². The van der Waals surface area contributed by atoms with Gasteiger partial charge in [-0.05, 0) is 64.7 Å². The van der Waals surface area contributed by atoms with Crippen LogP contribution in [0.5, 0.6) is 0 Å². The maximum Gasteiger partial charge on any atom is 0.136 e. The van der Waals surface area contributed by atoms with Crippen molar-refractivity contribution in [1.82, 2.24) is 15.2 Å². The van der Waals surface area contributed by atoms with Gasteiger partial charge >= 0.3 is 0 Å². The first kappa shape index (κ1) is 28.6. The Labute approximate surface area is 289 Å². The monoisotopic (exact) mass is 644 g/mol. The molecule has 0 saturated carbocycles. The van der Waals surface area contributed by atoms with E-state index in [9.17, 15) is 0 Å². The van der Waals surface area contributed by atoms with Gasteiger partial charge in [-0.1, -0.05) is 127 Å². The lowest BCUT2D eigenvalue weighted by molar-refractivity contribution is 0.409. The summed E-state index contributed by atoms with van der Waals surface area (Å²) < 4.78 is 8.68. The van der Waals surface area contributed by atoms with Gasteiger partial charge in [0.2, 0.25) is 0 Å². The number of fused-ring (bicyclic) bond motifs is 6. The number of nitrogens with one attached hydrogen (secondary N) is 2. The number of aromatic nitrogens is 1. The van der Waals surface area contributed by atoms with Crippen molar-refractivity contribution in [2.45, 2.75) is 12.3 Å². The van der Waals surface area contributed by atoms with E-state index in [1.54, 1.807) is 0 Å². The summed E-state index contributed by atoms with van der Waals surface area (Å²) in [6, 6.07) is 59.8. The van der Waals surface area contributed by atoms with Crippen LogP contribution in [0.15, 0.2) is 179 Å². The predicted octanol–water partition coefficient (Wildman–Crippen LogP) is 10.7. The lowest BCUT2D eigenvalue weighted by Gasteiger charge is -2.32. The molecule has 0 radical (unpaired) electrons. The molecule has 7 aromatic carbocycles. The zero-order chi connectivity index (χ0) is 33.0. The van der Waals surface area contributed by atoms with Gasteiger partial charge in [0.15, 0.2) is 0 Å². The SMILES string of the molecule is c1ccc(-c2cccc(C3N=C(c4cccc(-n5c6ccccc6c6cc7oc8ccccc8c7cc65)c4)NC(c4ccccc4)N3)c2)cc1. The number of rotatable bonds is 5. The van der Waals surface area contributed by atoms with Gasteiger partial charge in [-0.25, -0.2) is 4.99 Å². The van der Waals surface area contributed by atoms with Gasteiger partial charge in [0, 0.05) is 32.8 Å². The Morgan fingerprint density at radius 1 is 0.480 bits per heavy atom. The van der Waals surface area contributed by atoms with Gasteiger partial charge in [-0.3, -0.25) is 5.32 Å². The third-order valence-electron chi connectivity index (χ3n) is 9.86. The summed E-state index contributed by atoms with van der Waals surface area (Å²) >= 11 is 0. The molecule has 0 aliphatic carbocycles. The summed E-state index contributed by atoms with van der Waals surface area (Å²) in [5, 5.41) is 12.1. The van der Waals surface area contributed by atoms with Gasteiger partial charge < -0.3 is 14.3 Å². The van der Waals surface area contributed by atoms with Gasteiger partial charge in [0.25, 0.3) is 0 Å². The molecule has 2 unspecified atom stereocenters. The molecule has 0 saturated heterocycles. The molecule has 10 rings (SSSR count). The first-order valence-electron chi connectivity index (χ1n) is 17.0. The van der Waals surface area contributed by atoms with Gasteiger partial charge in [0.1, 0.15) is 29.3 Å². The lowest BCUT2D eigenvalue weighted by atomic mass is 10.0. The molecular weight excluding hydrogens is 613 g/mol. The molecule has 3 heterocycles. The number of hydrogen-bond donors (Lipinski definition) is 2. The highest BCUT2D eigenvalue weighted by Crippen LogP contribution is 2.38. The van der Waals surface area contributed by atoms with Crippen LogP contribution < -0.4 is 10.6 Å². The topological polar surface area (TPSA) is 54.5 Å². The molecule has 0 bridgehead atoms. The fourth-order valence-electron chi connectivity index (χ4n) is 7.47. The third kappa shape index (κ3) is 4.79. The molecule has 5 heteroatoms. The molecule has 2 aromatic heterocycles. The standard InChI is InChI=1S/C45H32N4O/c1-3-13-29(14-4-1)31-17-11-18-32(25-31)44-46-43(30-15-5-2-6-16-30)47-45(48-44)33-19-12-20-34(26-33)49-39-23-9-7-21-35(39)37-28-42-38(27-40(37)49)36-22-8-10-24-41(36)50-42/h1-28,43-44,46H,(H,47,48). The fourth-order valence-corrected chi connectivity index (χ4v) is 7.47. The Bertz CT molecular complexity index is 2720. The number of hydrogen-bond acceptors (Lipinski definition) is 4. The van der Waals surface area contributed by atoms with E-state index in [4.69, 9.17) is 9.41 Å². The van der Waals surface area contributed by atoms with Crippen LogP contribution in [0.25, 0.3) is 60.6 Å². The second-order valence-corrected chi connectivity index (χ2v) is 12.9. The van der Waals surface area contributed by atoms with Crippen molar-refractivity contribution in [3.63, 3.8) is 0 Å². The molecule has 9 aromatic rings. The summed E-state index contributed by atoms with van der Waals surface area (Å²) in [4.78, 5) is 5.32. The van der Waals surface area contributed by atoms with E-state index < -0.39 is 0 Å². The van der Waals surface area contributed by atoms with Crippen LogP contribution in [-0.4, -0.2) is 10.4 Å². The van der Waals surface area contributed by atoms with E-state index in [0.29, 0.717) is 0 Å². The van der Waals surface area contributed by atoms with Crippen LogP contribution in [0.3, 0.4) is 0 Å². The molecule has 0 spiro atoms. The fraction of sp³-hybridized carbons (Fsp3) is 0.0444. The summed E-state index contributed by atoms with van der Waals surface area (Å²) in [7, 11) is 0. The highest BCUT2D eigenvalue weighted by molar-refractivity contribution is 6.17. The Kier molecular flexibility index (Phi) is 6.64. The number of amidine groups is 1. The zero-order valence-electron chi connectivity index (χ0n) is 27.1. The summed E-state index contributed by atoms with van der Waals surface area (Å²) in [6.07, 6.45) is -0.381. The smallest absolute Gasteiger partial charge is 0.136 e. The van der Waals surface area contributed by atoms with E-state index in [1.807, 2.05) is 12.1 Å². The van der Waals surface area contributed by atoms with E-state index in [1.165, 1.54) is 16.5 Å². The van der Waals surface area contributed by atoms with Gasteiger partial charge in [-0.2, -0.15) is 0 Å². The summed E-state index contributed by atoms with van der Waals surface area (Å²) in [5.41, 5.74) is 10.8. The van der Waals surface area contributed by atoms with Crippen molar-refractivity contribution in [2.75, 3.05) is 0 Å². The van der Waals surface area contributed by atoms with E-state index in [0.717, 1.165) is 66.6 Å².